The summed E-state index contributed by atoms with van der Waals surface area (Å²) in [6.07, 6.45) is 3.96. The summed E-state index contributed by atoms with van der Waals surface area (Å²) in [6.45, 7) is 3.75. The maximum absolute atomic E-state index is 15.4. The van der Waals surface area contributed by atoms with Gasteiger partial charge in [0.1, 0.15) is 5.82 Å². The van der Waals surface area contributed by atoms with Gasteiger partial charge in [0.05, 0.1) is 29.0 Å². The monoisotopic (exact) mass is 629 g/mol. The molecule has 0 radical (unpaired) electrons. The number of nitrogens with zero attached hydrogens (tertiary/aromatic N) is 2. The zero-order valence-corrected chi connectivity index (χ0v) is 25.5. The molecule has 4 N–H and O–H groups in total. The second-order valence-electron chi connectivity index (χ2n) is 11.2. The molecule has 2 fully saturated rings. The number of ether oxygens (including phenoxy) is 1. The molecule has 9 nitrogen and oxygen atoms in total. The van der Waals surface area contributed by atoms with E-state index in [1.807, 2.05) is 19.1 Å². The molecule has 230 valence electrons. The number of halogens is 2. The summed E-state index contributed by atoms with van der Waals surface area (Å²) in [5.74, 6) is -1.34. The van der Waals surface area contributed by atoms with E-state index < -0.39 is 33.8 Å². The molecule has 2 aliphatic rings. The molecule has 0 aliphatic carbocycles. The number of pyridine rings is 1. The van der Waals surface area contributed by atoms with Crippen molar-refractivity contribution in [2.24, 2.45) is 11.7 Å². The number of aromatic nitrogens is 1. The van der Waals surface area contributed by atoms with Gasteiger partial charge in [-0.05, 0) is 61.9 Å². The fourth-order valence-corrected chi connectivity index (χ4v) is 8.19. The van der Waals surface area contributed by atoms with E-state index in [1.165, 1.54) is 10.5 Å². The van der Waals surface area contributed by atoms with Gasteiger partial charge in [-0.3, -0.25) is 9.78 Å². The van der Waals surface area contributed by atoms with E-state index >= 15 is 4.39 Å². The highest BCUT2D eigenvalue weighted by molar-refractivity contribution is 7.89. The van der Waals surface area contributed by atoms with Crippen LogP contribution in [0.15, 0.2) is 71.9 Å². The van der Waals surface area contributed by atoms with E-state index in [1.54, 1.807) is 42.5 Å². The number of piperazine rings is 1. The summed E-state index contributed by atoms with van der Waals surface area (Å²) in [4.78, 5) is 17.8. The number of carbonyl (C=O) groups excluding carboxylic acids is 1. The lowest BCUT2D eigenvalue weighted by Crippen LogP contribution is -2.59. The number of rotatable bonds is 9. The van der Waals surface area contributed by atoms with Crippen LogP contribution in [0.5, 0.6) is 0 Å². The number of nitrogens with two attached hydrogens (primary N) is 1. The van der Waals surface area contributed by atoms with Crippen molar-refractivity contribution in [3.63, 3.8) is 0 Å². The molecule has 5 rings (SSSR count). The Kier molecular flexibility index (Phi) is 10.1. The van der Waals surface area contributed by atoms with Crippen LogP contribution in [0.4, 0.5) is 10.1 Å². The van der Waals surface area contributed by atoms with Gasteiger partial charge in [0, 0.05) is 54.9 Å². The molecular weight excluding hydrogens is 593 g/mol. The fourth-order valence-electron chi connectivity index (χ4n) is 6.23. The molecule has 2 aliphatic heterocycles. The normalized spacial score (nSPS) is 21.7. The summed E-state index contributed by atoms with van der Waals surface area (Å²) < 4.78 is 49.8. The Morgan fingerprint density at radius 1 is 1.14 bits per heavy atom. The average Bonchev–Trinajstić information content (AvgIpc) is 3.01. The Balaban J connectivity index is 1.41. The second kappa shape index (κ2) is 13.8. The number of amides is 1. The quantitative estimate of drug-likeness (QED) is 0.327. The van der Waals surface area contributed by atoms with Crippen molar-refractivity contribution in [2.75, 3.05) is 31.6 Å². The Hall–Kier alpha value is -2.93. The van der Waals surface area contributed by atoms with Crippen LogP contribution in [0.3, 0.4) is 0 Å². The summed E-state index contributed by atoms with van der Waals surface area (Å²) in [7, 11) is -3.87. The van der Waals surface area contributed by atoms with Gasteiger partial charge >= 0.3 is 0 Å². The molecule has 2 aromatic carbocycles. The maximum Gasteiger partial charge on any atom is 0.243 e. The van der Waals surface area contributed by atoms with Crippen molar-refractivity contribution in [1.82, 2.24) is 14.6 Å². The van der Waals surface area contributed by atoms with Crippen LogP contribution in [-0.2, 0) is 26.0 Å². The molecule has 3 heterocycles. The van der Waals surface area contributed by atoms with Gasteiger partial charge in [0.2, 0.25) is 15.9 Å². The lowest BCUT2D eigenvalue weighted by molar-refractivity contribution is -0.118. The SMILES string of the molecule is C[C@@H]1CNCC(Cc2c(F)cncc2NC(=O)[C@@H](N)[C@@H](c2ccc(Cl)cc2)C2CCOCC2)N1S(=O)(=O)c1ccccc1. The Bertz CT molecular complexity index is 1510. The van der Waals surface area contributed by atoms with Crippen LogP contribution in [0, 0.1) is 11.7 Å². The van der Waals surface area contributed by atoms with Crippen LogP contribution in [0.25, 0.3) is 0 Å². The summed E-state index contributed by atoms with van der Waals surface area (Å²) in [5.41, 5.74) is 7.87. The standard InChI is InChI=1S/C31H37ClFN5O4S/c1-20-16-35-17-24(38(20)43(40,41)25-5-3-2-4-6-25)15-26-27(33)18-36-19-28(26)37-31(39)30(34)29(22-11-13-42-14-12-22)21-7-9-23(32)10-8-21/h2-10,18-20,22,24,29-30,35H,11-17,34H2,1H3,(H,37,39)/t20-,24?,29+,30+/m1/s1. The van der Waals surface area contributed by atoms with Crippen molar-refractivity contribution in [2.45, 2.75) is 55.1 Å². The number of nitrogens with one attached hydrogen (secondary N) is 2. The first-order valence-corrected chi connectivity index (χ1v) is 16.3. The largest absolute Gasteiger partial charge is 0.381 e. The van der Waals surface area contributed by atoms with Crippen molar-refractivity contribution >= 4 is 33.2 Å². The van der Waals surface area contributed by atoms with E-state index in [2.05, 4.69) is 15.6 Å². The molecule has 1 unspecified atom stereocenters. The highest BCUT2D eigenvalue weighted by atomic mass is 35.5. The van der Waals surface area contributed by atoms with Crippen LogP contribution in [0.1, 0.15) is 36.8 Å². The van der Waals surface area contributed by atoms with Crippen molar-refractivity contribution in [1.29, 1.82) is 0 Å². The summed E-state index contributed by atoms with van der Waals surface area (Å²) in [5, 5.41) is 6.67. The minimum absolute atomic E-state index is 0.0170. The third kappa shape index (κ3) is 7.08. The summed E-state index contributed by atoms with van der Waals surface area (Å²) in [6, 6.07) is 13.6. The molecule has 1 amide bonds. The lowest BCUT2D eigenvalue weighted by Gasteiger charge is -2.40. The Labute approximate surface area is 257 Å². The Morgan fingerprint density at radius 3 is 2.53 bits per heavy atom. The van der Waals surface area contributed by atoms with Gasteiger partial charge in [0.25, 0.3) is 0 Å². The van der Waals surface area contributed by atoms with Crippen molar-refractivity contribution < 1.29 is 22.3 Å². The van der Waals surface area contributed by atoms with E-state index in [9.17, 15) is 13.2 Å². The maximum atomic E-state index is 15.4. The van der Waals surface area contributed by atoms with E-state index in [-0.39, 0.29) is 40.4 Å². The zero-order chi connectivity index (χ0) is 30.6. The van der Waals surface area contributed by atoms with Gasteiger partial charge in [-0.15, -0.1) is 0 Å². The first kappa shape index (κ1) is 31.5. The molecule has 0 spiro atoms. The number of hydrogen-bond donors (Lipinski definition) is 3. The van der Waals surface area contributed by atoms with Crippen LogP contribution >= 0.6 is 11.6 Å². The molecular formula is C31H37ClFN5O4S. The average molecular weight is 630 g/mol. The van der Waals surface area contributed by atoms with Gasteiger partial charge in [0.15, 0.2) is 0 Å². The molecule has 12 heteroatoms. The number of benzene rings is 2. The Morgan fingerprint density at radius 2 is 1.84 bits per heavy atom. The molecule has 3 aromatic rings. The number of sulfonamides is 1. The fraction of sp³-hybridized carbons (Fsp3) is 0.419. The highest BCUT2D eigenvalue weighted by Gasteiger charge is 2.39. The third-order valence-corrected chi connectivity index (χ3v) is 10.7. The highest BCUT2D eigenvalue weighted by Crippen LogP contribution is 2.36. The molecule has 0 bridgehead atoms. The molecule has 43 heavy (non-hydrogen) atoms. The number of anilines is 1. The van der Waals surface area contributed by atoms with Crippen LogP contribution in [0.2, 0.25) is 5.02 Å². The first-order chi connectivity index (χ1) is 20.7. The first-order valence-electron chi connectivity index (χ1n) is 14.5. The molecule has 0 saturated carbocycles. The van der Waals surface area contributed by atoms with Crippen LogP contribution < -0.4 is 16.4 Å². The number of carbonyl (C=O) groups is 1. The van der Waals surface area contributed by atoms with Gasteiger partial charge in [-0.2, -0.15) is 4.31 Å². The third-order valence-electron chi connectivity index (χ3n) is 8.35. The lowest BCUT2D eigenvalue weighted by atomic mass is 9.76. The smallest absolute Gasteiger partial charge is 0.243 e. The van der Waals surface area contributed by atoms with Gasteiger partial charge in [-0.25, -0.2) is 12.8 Å². The van der Waals surface area contributed by atoms with Gasteiger partial charge in [-0.1, -0.05) is 41.9 Å². The van der Waals surface area contributed by atoms with Crippen molar-refractivity contribution in [3.8, 4) is 0 Å². The minimum atomic E-state index is -3.87. The van der Waals surface area contributed by atoms with E-state index in [0.29, 0.717) is 31.3 Å². The second-order valence-corrected chi connectivity index (χ2v) is 13.5. The van der Waals surface area contributed by atoms with Crippen LogP contribution in [-0.4, -0.2) is 68.0 Å². The number of hydrogen-bond acceptors (Lipinski definition) is 7. The predicted molar refractivity (Wildman–Crippen MR) is 164 cm³/mol. The molecule has 4 atom stereocenters. The van der Waals surface area contributed by atoms with Crippen molar-refractivity contribution in [3.05, 3.63) is 89.0 Å². The van der Waals surface area contributed by atoms with E-state index in [0.717, 1.165) is 24.6 Å². The van der Waals surface area contributed by atoms with Gasteiger partial charge < -0.3 is 21.1 Å². The zero-order valence-electron chi connectivity index (χ0n) is 24.0. The molecule has 1 aromatic heterocycles. The molecule has 2 saturated heterocycles. The topological polar surface area (TPSA) is 127 Å². The predicted octanol–water partition coefficient (Wildman–Crippen LogP) is 3.94. The summed E-state index contributed by atoms with van der Waals surface area (Å²) >= 11 is 6.13. The minimum Gasteiger partial charge on any atom is -0.381 e. The van der Waals surface area contributed by atoms with E-state index in [4.69, 9.17) is 22.1 Å².